The zero-order valence-corrected chi connectivity index (χ0v) is 18.9. The smallest absolute Gasteiger partial charge is 0.191 e. The molecule has 0 amide bonds. The molecule has 1 unspecified atom stereocenters. The number of ether oxygens (including phenoxy) is 2. The fourth-order valence-electron chi connectivity index (χ4n) is 2.99. The molecule has 8 heteroatoms. The van der Waals surface area contributed by atoms with E-state index < -0.39 is 0 Å². The average molecular weight is 499 g/mol. The lowest BCUT2D eigenvalue weighted by molar-refractivity contribution is 0.166. The molecule has 2 N–H and O–H groups in total. The van der Waals surface area contributed by atoms with E-state index in [0.717, 1.165) is 50.0 Å². The van der Waals surface area contributed by atoms with Crippen molar-refractivity contribution in [3.05, 3.63) is 48.0 Å². The second kappa shape index (κ2) is 11.9. The standard InChI is InChI=1S/C20H29N5O2.HI/c1-16-3-4-18(19(11-16)27-14-17-5-10-26-13-17)12-24-20(21-2)23-7-9-25-8-6-22-15-25;/h3-4,6,8,11,15,17H,5,7,9-10,12-14H2,1-2H3,(H2,21,23,24);1H. The Labute approximate surface area is 184 Å². The number of nitrogens with zero attached hydrogens (tertiary/aromatic N) is 3. The van der Waals surface area contributed by atoms with Gasteiger partial charge in [0.2, 0.25) is 0 Å². The summed E-state index contributed by atoms with van der Waals surface area (Å²) in [5.41, 5.74) is 2.32. The number of halogens is 1. The monoisotopic (exact) mass is 499 g/mol. The van der Waals surface area contributed by atoms with Crippen molar-refractivity contribution in [1.29, 1.82) is 0 Å². The molecule has 0 saturated carbocycles. The summed E-state index contributed by atoms with van der Waals surface area (Å²) in [5.74, 6) is 2.19. The molecule has 2 heterocycles. The molecule has 1 aromatic carbocycles. The third-order valence-corrected chi connectivity index (χ3v) is 4.61. The van der Waals surface area contributed by atoms with E-state index in [1.807, 2.05) is 17.1 Å². The van der Waals surface area contributed by atoms with Crippen LogP contribution in [0.15, 0.2) is 41.9 Å². The second-order valence-electron chi connectivity index (χ2n) is 6.80. The molecular formula is C20H30IN5O2. The molecular weight excluding hydrogens is 469 g/mol. The first-order valence-corrected chi connectivity index (χ1v) is 9.45. The van der Waals surface area contributed by atoms with Crippen LogP contribution in [0.4, 0.5) is 0 Å². The predicted molar refractivity (Wildman–Crippen MR) is 121 cm³/mol. The van der Waals surface area contributed by atoms with Crippen molar-refractivity contribution in [3.8, 4) is 5.75 Å². The minimum absolute atomic E-state index is 0. The van der Waals surface area contributed by atoms with Crippen LogP contribution in [-0.4, -0.2) is 48.9 Å². The summed E-state index contributed by atoms with van der Waals surface area (Å²) in [7, 11) is 1.78. The molecule has 154 valence electrons. The summed E-state index contributed by atoms with van der Waals surface area (Å²) in [6.45, 7) is 6.69. The number of hydrogen-bond donors (Lipinski definition) is 2. The first-order valence-electron chi connectivity index (χ1n) is 9.45. The lowest BCUT2D eigenvalue weighted by Gasteiger charge is -2.17. The van der Waals surface area contributed by atoms with Crippen molar-refractivity contribution in [3.63, 3.8) is 0 Å². The Kier molecular flexibility index (Phi) is 9.56. The summed E-state index contributed by atoms with van der Waals surface area (Å²) in [6, 6.07) is 6.32. The highest BCUT2D eigenvalue weighted by atomic mass is 127. The van der Waals surface area contributed by atoms with Gasteiger partial charge in [-0.3, -0.25) is 4.99 Å². The number of nitrogens with one attached hydrogen (secondary N) is 2. The van der Waals surface area contributed by atoms with Crippen LogP contribution in [0.2, 0.25) is 0 Å². The number of aliphatic imine (C=N–C) groups is 1. The first kappa shape index (κ1) is 22.5. The lowest BCUT2D eigenvalue weighted by Crippen LogP contribution is -2.38. The van der Waals surface area contributed by atoms with Crippen LogP contribution in [0.1, 0.15) is 17.5 Å². The molecule has 0 aliphatic carbocycles. The highest BCUT2D eigenvalue weighted by Gasteiger charge is 2.17. The number of hydrogen-bond acceptors (Lipinski definition) is 4. The molecule has 3 rings (SSSR count). The van der Waals surface area contributed by atoms with Crippen molar-refractivity contribution in [1.82, 2.24) is 20.2 Å². The Hall–Kier alpha value is -1.81. The van der Waals surface area contributed by atoms with E-state index in [2.05, 4.69) is 45.7 Å². The highest BCUT2D eigenvalue weighted by Crippen LogP contribution is 2.22. The number of imidazole rings is 1. The van der Waals surface area contributed by atoms with Crippen LogP contribution in [-0.2, 0) is 17.8 Å². The number of aromatic nitrogens is 2. The average Bonchev–Trinajstić information content (AvgIpc) is 3.37. The zero-order valence-electron chi connectivity index (χ0n) is 16.6. The van der Waals surface area contributed by atoms with Crippen LogP contribution in [0.25, 0.3) is 0 Å². The Morgan fingerprint density at radius 3 is 3.00 bits per heavy atom. The Morgan fingerprint density at radius 2 is 2.29 bits per heavy atom. The minimum atomic E-state index is 0. The van der Waals surface area contributed by atoms with E-state index in [4.69, 9.17) is 9.47 Å². The van der Waals surface area contributed by atoms with Gasteiger partial charge >= 0.3 is 0 Å². The van der Waals surface area contributed by atoms with Gasteiger partial charge in [0, 0.05) is 57.2 Å². The maximum absolute atomic E-state index is 6.11. The molecule has 1 aliphatic rings. The summed E-state index contributed by atoms with van der Waals surface area (Å²) < 4.78 is 13.6. The quantitative estimate of drug-likeness (QED) is 0.332. The molecule has 1 fully saturated rings. The van der Waals surface area contributed by atoms with E-state index in [9.17, 15) is 0 Å². The van der Waals surface area contributed by atoms with Crippen LogP contribution >= 0.6 is 24.0 Å². The molecule has 2 aromatic rings. The predicted octanol–water partition coefficient (Wildman–Crippen LogP) is 2.59. The van der Waals surface area contributed by atoms with Gasteiger partial charge in [0.05, 0.1) is 19.5 Å². The second-order valence-corrected chi connectivity index (χ2v) is 6.80. The van der Waals surface area contributed by atoms with Crippen LogP contribution in [0.5, 0.6) is 5.75 Å². The Morgan fingerprint density at radius 1 is 1.39 bits per heavy atom. The van der Waals surface area contributed by atoms with Crippen molar-refractivity contribution in [2.24, 2.45) is 10.9 Å². The summed E-state index contributed by atoms with van der Waals surface area (Å²) in [6.07, 6.45) is 6.61. The topological polar surface area (TPSA) is 72.7 Å². The molecule has 1 saturated heterocycles. The van der Waals surface area contributed by atoms with Gasteiger partial charge in [0.25, 0.3) is 0 Å². The SMILES string of the molecule is CN=C(NCCn1ccnc1)NCc1ccc(C)cc1OCC1CCOC1.I. The van der Waals surface area contributed by atoms with E-state index in [1.165, 1.54) is 5.56 Å². The van der Waals surface area contributed by atoms with Crippen LogP contribution in [0.3, 0.4) is 0 Å². The summed E-state index contributed by atoms with van der Waals surface area (Å²) in [4.78, 5) is 8.34. The Balaban J connectivity index is 0.00000280. The lowest BCUT2D eigenvalue weighted by atomic mass is 10.1. The number of benzene rings is 1. The highest BCUT2D eigenvalue weighted by molar-refractivity contribution is 14.0. The third kappa shape index (κ3) is 6.97. The first-order chi connectivity index (χ1) is 13.2. The molecule has 28 heavy (non-hydrogen) atoms. The van der Waals surface area contributed by atoms with E-state index in [0.29, 0.717) is 19.1 Å². The molecule has 0 bridgehead atoms. The van der Waals surface area contributed by atoms with Gasteiger partial charge in [-0.15, -0.1) is 24.0 Å². The normalized spacial score (nSPS) is 16.5. The fourth-order valence-corrected chi connectivity index (χ4v) is 2.99. The van der Waals surface area contributed by atoms with E-state index in [-0.39, 0.29) is 24.0 Å². The number of guanidine groups is 1. The minimum Gasteiger partial charge on any atom is -0.493 e. The van der Waals surface area contributed by atoms with Crippen molar-refractivity contribution >= 4 is 29.9 Å². The number of rotatable bonds is 8. The van der Waals surface area contributed by atoms with Gasteiger partial charge < -0.3 is 24.7 Å². The maximum Gasteiger partial charge on any atom is 0.191 e. The molecule has 7 nitrogen and oxygen atoms in total. The van der Waals surface area contributed by atoms with Gasteiger partial charge in [-0.25, -0.2) is 4.98 Å². The van der Waals surface area contributed by atoms with E-state index in [1.54, 1.807) is 13.2 Å². The summed E-state index contributed by atoms with van der Waals surface area (Å²) in [5, 5.41) is 6.68. The Bertz CT molecular complexity index is 730. The van der Waals surface area contributed by atoms with E-state index >= 15 is 0 Å². The largest absolute Gasteiger partial charge is 0.493 e. The number of aryl methyl sites for hydroxylation is 1. The maximum atomic E-state index is 6.11. The van der Waals surface area contributed by atoms with Gasteiger partial charge in [-0.2, -0.15) is 0 Å². The molecule has 0 spiro atoms. The molecule has 1 aromatic heterocycles. The van der Waals surface area contributed by atoms with Crippen molar-refractivity contribution in [2.75, 3.05) is 33.4 Å². The van der Waals surface area contributed by atoms with Gasteiger partial charge in [0.15, 0.2) is 5.96 Å². The zero-order chi connectivity index (χ0) is 18.9. The third-order valence-electron chi connectivity index (χ3n) is 4.61. The summed E-state index contributed by atoms with van der Waals surface area (Å²) >= 11 is 0. The van der Waals surface area contributed by atoms with Crippen LogP contribution < -0.4 is 15.4 Å². The van der Waals surface area contributed by atoms with Gasteiger partial charge in [-0.1, -0.05) is 12.1 Å². The molecule has 1 atom stereocenters. The fraction of sp³-hybridized carbons (Fsp3) is 0.500. The van der Waals surface area contributed by atoms with Gasteiger partial charge in [0.1, 0.15) is 5.75 Å². The van der Waals surface area contributed by atoms with Crippen molar-refractivity contribution < 1.29 is 9.47 Å². The molecule has 0 radical (unpaired) electrons. The molecule has 1 aliphatic heterocycles. The van der Waals surface area contributed by atoms with Gasteiger partial charge in [-0.05, 0) is 25.0 Å². The van der Waals surface area contributed by atoms with Crippen molar-refractivity contribution in [2.45, 2.75) is 26.4 Å². The van der Waals surface area contributed by atoms with Crippen LogP contribution in [0, 0.1) is 12.8 Å².